The molecular formula is C16H25NO. The van der Waals surface area contributed by atoms with Gasteiger partial charge in [0, 0.05) is 6.54 Å². The second-order valence-electron chi connectivity index (χ2n) is 5.70. The van der Waals surface area contributed by atoms with Crippen molar-refractivity contribution in [1.82, 2.24) is 5.32 Å². The van der Waals surface area contributed by atoms with E-state index in [0.717, 1.165) is 24.4 Å². The molecule has 2 rings (SSSR count). The summed E-state index contributed by atoms with van der Waals surface area (Å²) in [7, 11) is 0. The molecule has 1 aromatic carbocycles. The molecule has 0 bridgehead atoms. The molecule has 0 aromatic heterocycles. The first-order chi connectivity index (χ1) is 8.63. The van der Waals surface area contributed by atoms with Crippen LogP contribution in [-0.2, 0) is 5.60 Å². The molecule has 0 spiro atoms. The minimum atomic E-state index is -0.769. The summed E-state index contributed by atoms with van der Waals surface area (Å²) >= 11 is 0. The summed E-state index contributed by atoms with van der Waals surface area (Å²) in [6.07, 6.45) is 5.06. The fourth-order valence-electron chi connectivity index (χ4n) is 2.48. The summed E-state index contributed by atoms with van der Waals surface area (Å²) in [4.78, 5) is 0. The summed E-state index contributed by atoms with van der Waals surface area (Å²) in [5, 5.41) is 13.8. The Kier molecular flexibility index (Phi) is 4.41. The quantitative estimate of drug-likeness (QED) is 0.757. The number of hydrogen-bond acceptors (Lipinski definition) is 2. The largest absolute Gasteiger partial charge is 0.384 e. The topological polar surface area (TPSA) is 32.3 Å². The molecule has 100 valence electrons. The molecule has 0 aliphatic heterocycles. The molecule has 1 atom stereocenters. The zero-order chi connectivity index (χ0) is 13.0. The van der Waals surface area contributed by atoms with E-state index in [-0.39, 0.29) is 0 Å². The molecule has 1 aliphatic carbocycles. The van der Waals surface area contributed by atoms with Gasteiger partial charge in [-0.3, -0.25) is 0 Å². The van der Waals surface area contributed by atoms with Gasteiger partial charge in [-0.15, -0.1) is 0 Å². The molecular weight excluding hydrogens is 222 g/mol. The lowest BCUT2D eigenvalue weighted by atomic mass is 9.79. The Morgan fingerprint density at radius 3 is 2.78 bits per heavy atom. The molecule has 1 aliphatic rings. The Labute approximate surface area is 110 Å². The van der Waals surface area contributed by atoms with Gasteiger partial charge in [0.2, 0.25) is 0 Å². The second kappa shape index (κ2) is 5.85. The smallest absolute Gasteiger partial charge is 0.0992 e. The average molecular weight is 247 g/mol. The molecule has 2 heteroatoms. The van der Waals surface area contributed by atoms with Gasteiger partial charge in [0.05, 0.1) is 5.60 Å². The summed E-state index contributed by atoms with van der Waals surface area (Å²) < 4.78 is 0. The maximum Gasteiger partial charge on any atom is 0.0992 e. The monoisotopic (exact) mass is 247 g/mol. The van der Waals surface area contributed by atoms with Crippen molar-refractivity contribution in [3.8, 4) is 0 Å². The van der Waals surface area contributed by atoms with E-state index in [1.165, 1.54) is 24.8 Å². The predicted octanol–water partition coefficient (Wildman–Crippen LogP) is 3.16. The molecule has 0 radical (unpaired) electrons. The molecule has 1 fully saturated rings. The van der Waals surface area contributed by atoms with E-state index < -0.39 is 5.60 Å². The standard InChI is InChI=1S/C16H25NO/c1-3-10-17-12-16(2,18)15-9-5-8-14(11-15)13-6-4-7-13/h5,8-9,11,13,17-18H,3-4,6-7,10,12H2,1-2H3. The van der Waals surface area contributed by atoms with E-state index in [2.05, 4.69) is 30.4 Å². The van der Waals surface area contributed by atoms with Crippen LogP contribution < -0.4 is 5.32 Å². The highest BCUT2D eigenvalue weighted by Gasteiger charge is 2.25. The Morgan fingerprint density at radius 1 is 1.39 bits per heavy atom. The normalized spacial score (nSPS) is 19.3. The van der Waals surface area contributed by atoms with Gasteiger partial charge in [0.25, 0.3) is 0 Å². The van der Waals surface area contributed by atoms with Crippen LogP contribution in [0.25, 0.3) is 0 Å². The Bertz CT molecular complexity index is 382. The third-order valence-electron chi connectivity index (χ3n) is 3.98. The third-order valence-corrected chi connectivity index (χ3v) is 3.98. The molecule has 0 heterocycles. The zero-order valence-corrected chi connectivity index (χ0v) is 11.6. The highest BCUT2D eigenvalue weighted by molar-refractivity contribution is 5.31. The lowest BCUT2D eigenvalue weighted by molar-refractivity contribution is 0.0571. The maximum absolute atomic E-state index is 10.5. The van der Waals surface area contributed by atoms with E-state index in [4.69, 9.17) is 0 Å². The first-order valence-electron chi connectivity index (χ1n) is 7.17. The van der Waals surface area contributed by atoms with E-state index in [9.17, 15) is 5.11 Å². The third kappa shape index (κ3) is 3.12. The second-order valence-corrected chi connectivity index (χ2v) is 5.70. The fraction of sp³-hybridized carbons (Fsp3) is 0.625. The van der Waals surface area contributed by atoms with Crippen LogP contribution in [0.3, 0.4) is 0 Å². The Morgan fingerprint density at radius 2 is 2.17 bits per heavy atom. The lowest BCUT2D eigenvalue weighted by Crippen LogP contribution is -2.35. The first kappa shape index (κ1) is 13.6. The van der Waals surface area contributed by atoms with Crippen LogP contribution in [0.5, 0.6) is 0 Å². The summed E-state index contributed by atoms with van der Waals surface area (Å²) in [6, 6.07) is 8.51. The molecule has 18 heavy (non-hydrogen) atoms. The minimum Gasteiger partial charge on any atom is -0.384 e. The fourth-order valence-corrected chi connectivity index (χ4v) is 2.48. The molecule has 2 nitrogen and oxygen atoms in total. The van der Waals surface area contributed by atoms with Gasteiger partial charge in [0.15, 0.2) is 0 Å². The number of nitrogens with one attached hydrogen (secondary N) is 1. The molecule has 0 amide bonds. The van der Waals surface area contributed by atoms with Crippen molar-refractivity contribution < 1.29 is 5.11 Å². The molecule has 2 N–H and O–H groups in total. The SMILES string of the molecule is CCCNCC(C)(O)c1cccc(C2CCC2)c1. The number of rotatable bonds is 6. The van der Waals surface area contributed by atoms with Crippen molar-refractivity contribution in [3.63, 3.8) is 0 Å². The van der Waals surface area contributed by atoms with Gasteiger partial charge < -0.3 is 10.4 Å². The van der Waals surface area contributed by atoms with E-state index in [1.54, 1.807) is 0 Å². The van der Waals surface area contributed by atoms with Gasteiger partial charge in [-0.25, -0.2) is 0 Å². The van der Waals surface area contributed by atoms with Crippen molar-refractivity contribution in [2.24, 2.45) is 0 Å². The van der Waals surface area contributed by atoms with Crippen LogP contribution >= 0.6 is 0 Å². The van der Waals surface area contributed by atoms with Crippen LogP contribution in [0, 0.1) is 0 Å². The van der Waals surface area contributed by atoms with Gasteiger partial charge in [-0.05, 0) is 49.8 Å². The van der Waals surface area contributed by atoms with Crippen LogP contribution in [0.15, 0.2) is 24.3 Å². The number of hydrogen-bond donors (Lipinski definition) is 2. The lowest BCUT2D eigenvalue weighted by Gasteiger charge is -2.29. The summed E-state index contributed by atoms with van der Waals surface area (Å²) in [5.74, 6) is 0.726. The molecule has 1 unspecified atom stereocenters. The van der Waals surface area contributed by atoms with Crippen LogP contribution in [0.2, 0.25) is 0 Å². The Balaban J connectivity index is 2.06. The number of benzene rings is 1. The van der Waals surface area contributed by atoms with Crippen molar-refractivity contribution in [3.05, 3.63) is 35.4 Å². The van der Waals surface area contributed by atoms with Crippen LogP contribution in [0.1, 0.15) is 56.6 Å². The summed E-state index contributed by atoms with van der Waals surface area (Å²) in [5.41, 5.74) is 1.67. The van der Waals surface area contributed by atoms with Gasteiger partial charge in [-0.1, -0.05) is 37.6 Å². The van der Waals surface area contributed by atoms with Crippen molar-refractivity contribution >= 4 is 0 Å². The highest BCUT2D eigenvalue weighted by Crippen LogP contribution is 2.37. The van der Waals surface area contributed by atoms with Crippen LogP contribution in [0.4, 0.5) is 0 Å². The molecule has 1 aromatic rings. The van der Waals surface area contributed by atoms with E-state index in [1.807, 2.05) is 13.0 Å². The molecule has 1 saturated carbocycles. The van der Waals surface area contributed by atoms with Gasteiger partial charge in [0.1, 0.15) is 0 Å². The van der Waals surface area contributed by atoms with Crippen LogP contribution in [-0.4, -0.2) is 18.2 Å². The maximum atomic E-state index is 10.5. The summed E-state index contributed by atoms with van der Waals surface area (Å²) in [6.45, 7) is 5.61. The van der Waals surface area contributed by atoms with Gasteiger partial charge in [-0.2, -0.15) is 0 Å². The van der Waals surface area contributed by atoms with Crippen molar-refractivity contribution in [2.75, 3.05) is 13.1 Å². The van der Waals surface area contributed by atoms with Crippen molar-refractivity contribution in [1.29, 1.82) is 0 Å². The molecule has 0 saturated heterocycles. The minimum absolute atomic E-state index is 0.620. The Hall–Kier alpha value is -0.860. The highest BCUT2D eigenvalue weighted by atomic mass is 16.3. The van der Waals surface area contributed by atoms with Crippen molar-refractivity contribution in [2.45, 2.75) is 51.0 Å². The van der Waals surface area contributed by atoms with E-state index in [0.29, 0.717) is 6.54 Å². The zero-order valence-electron chi connectivity index (χ0n) is 11.6. The predicted molar refractivity (Wildman–Crippen MR) is 75.8 cm³/mol. The van der Waals surface area contributed by atoms with Gasteiger partial charge >= 0.3 is 0 Å². The first-order valence-corrected chi connectivity index (χ1v) is 7.17. The average Bonchev–Trinajstić information content (AvgIpc) is 2.27. The van der Waals surface area contributed by atoms with E-state index >= 15 is 0 Å². The number of aliphatic hydroxyl groups is 1.